The third kappa shape index (κ3) is 5.01. The highest BCUT2D eigenvalue weighted by atomic mass is 28.3. The molecule has 2 aliphatic heterocycles. The number of nitrogens with zero attached hydrogens (tertiary/aromatic N) is 2. The van der Waals surface area contributed by atoms with E-state index < -0.39 is 8.07 Å². The molecule has 8 bridgehead atoms. The number of benzene rings is 2. The lowest BCUT2D eigenvalue weighted by Crippen LogP contribution is -2.25. The first-order valence-corrected chi connectivity index (χ1v) is 17.9. The van der Waals surface area contributed by atoms with Gasteiger partial charge in [-0.15, -0.1) is 0 Å². The van der Waals surface area contributed by atoms with Crippen molar-refractivity contribution in [3.8, 4) is 22.3 Å². The first-order chi connectivity index (χ1) is 19.9. The minimum absolute atomic E-state index is 0.963. The first-order valence-electron chi connectivity index (χ1n) is 14.1. The van der Waals surface area contributed by atoms with Crippen LogP contribution in [0.4, 0.5) is 0 Å². The SMILES string of the molecule is C[Si](C)(C)Cc1c2nc(c(-c3ccccc3)c3ccc(cc4ccc([nH]4)c(-c4ccccc4)c4nc1C=C4)[nH]3)C=C2. The molecule has 5 heterocycles. The molecule has 2 N–H and O–H groups in total. The summed E-state index contributed by atoms with van der Waals surface area (Å²) < 4.78 is 0. The van der Waals surface area contributed by atoms with Gasteiger partial charge in [0, 0.05) is 46.8 Å². The number of aromatic amines is 2. The van der Waals surface area contributed by atoms with Gasteiger partial charge in [0.05, 0.1) is 22.8 Å². The second-order valence-corrected chi connectivity index (χ2v) is 17.4. The van der Waals surface area contributed by atoms with E-state index in [0.717, 1.165) is 73.1 Å². The fourth-order valence-corrected chi connectivity index (χ4v) is 7.15. The monoisotopic (exact) mass is 548 g/mol. The van der Waals surface area contributed by atoms with Gasteiger partial charge in [-0.2, -0.15) is 0 Å². The third-order valence-corrected chi connectivity index (χ3v) is 8.92. The zero-order chi connectivity index (χ0) is 28.0. The van der Waals surface area contributed by atoms with Crippen molar-refractivity contribution in [3.63, 3.8) is 0 Å². The molecule has 7 rings (SSSR count). The number of aromatic nitrogens is 4. The normalized spacial score (nSPS) is 12.7. The van der Waals surface area contributed by atoms with Crippen molar-refractivity contribution in [2.75, 3.05) is 0 Å². The zero-order valence-corrected chi connectivity index (χ0v) is 24.6. The summed E-state index contributed by atoms with van der Waals surface area (Å²) in [4.78, 5) is 17.9. The molecular formula is C36H32N4Si. The lowest BCUT2D eigenvalue weighted by atomic mass is 10.0. The van der Waals surface area contributed by atoms with Crippen LogP contribution in [0.1, 0.15) is 28.3 Å². The van der Waals surface area contributed by atoms with E-state index >= 15 is 0 Å². The average Bonchev–Trinajstić information content (AvgIpc) is 3.78. The number of nitrogens with one attached hydrogen (secondary N) is 2. The van der Waals surface area contributed by atoms with Crippen LogP contribution >= 0.6 is 0 Å². The standard InChI is InChI=1S/C36H32N4Si/c1-41(2,3)23-28-29-18-20-33(39-29)35(24-10-6-4-7-11-24)31-16-14-26(37-31)22-27-15-17-32(38-27)36(25-12-8-5-9-13-25)34-21-19-30(28)40-34/h4-22,37-38H,23H2,1-3H3. The summed E-state index contributed by atoms with van der Waals surface area (Å²) in [5.41, 5.74) is 13.8. The van der Waals surface area contributed by atoms with E-state index in [1.54, 1.807) is 0 Å². The van der Waals surface area contributed by atoms with Gasteiger partial charge < -0.3 is 9.97 Å². The fourth-order valence-electron chi connectivity index (χ4n) is 5.73. The maximum absolute atomic E-state index is 5.28. The molecule has 3 aromatic heterocycles. The minimum Gasteiger partial charge on any atom is -0.355 e. The molecule has 0 spiro atoms. The van der Waals surface area contributed by atoms with Crippen molar-refractivity contribution in [2.45, 2.75) is 25.7 Å². The number of rotatable bonds is 4. The summed E-state index contributed by atoms with van der Waals surface area (Å²) in [7, 11) is -1.50. The van der Waals surface area contributed by atoms with Crippen LogP contribution in [0.25, 0.3) is 68.6 Å². The van der Waals surface area contributed by atoms with Crippen LogP contribution in [-0.2, 0) is 6.04 Å². The van der Waals surface area contributed by atoms with Crippen LogP contribution in [0.5, 0.6) is 0 Å². The lowest BCUT2D eigenvalue weighted by Gasteiger charge is -2.17. The molecule has 41 heavy (non-hydrogen) atoms. The van der Waals surface area contributed by atoms with Gasteiger partial charge in [0.15, 0.2) is 0 Å². The van der Waals surface area contributed by atoms with Gasteiger partial charge in [-0.05, 0) is 71.8 Å². The summed E-state index contributed by atoms with van der Waals surface area (Å²) in [6.07, 6.45) is 8.67. The lowest BCUT2D eigenvalue weighted by molar-refractivity contribution is 1.17. The summed E-state index contributed by atoms with van der Waals surface area (Å²) >= 11 is 0. The van der Waals surface area contributed by atoms with Crippen molar-refractivity contribution in [1.29, 1.82) is 0 Å². The second kappa shape index (κ2) is 10.0. The summed E-state index contributed by atoms with van der Waals surface area (Å²) in [6, 6.07) is 32.8. The molecule has 5 aromatic rings. The van der Waals surface area contributed by atoms with E-state index in [0.29, 0.717) is 0 Å². The highest BCUT2D eigenvalue weighted by molar-refractivity contribution is 6.75. The number of H-pyrrole nitrogens is 2. The molecule has 5 heteroatoms. The molecular weight excluding hydrogens is 517 g/mol. The Morgan fingerprint density at radius 1 is 0.537 bits per heavy atom. The van der Waals surface area contributed by atoms with Crippen molar-refractivity contribution < 1.29 is 0 Å². The maximum atomic E-state index is 5.28. The minimum atomic E-state index is -1.50. The molecule has 0 saturated carbocycles. The Labute approximate surface area is 241 Å². The van der Waals surface area contributed by atoms with Crippen molar-refractivity contribution in [3.05, 3.63) is 119 Å². The highest BCUT2D eigenvalue weighted by Gasteiger charge is 2.22. The molecule has 200 valence electrons. The average molecular weight is 549 g/mol. The number of hydrogen-bond acceptors (Lipinski definition) is 2. The second-order valence-electron chi connectivity index (χ2n) is 11.9. The van der Waals surface area contributed by atoms with Gasteiger partial charge in [0.1, 0.15) is 0 Å². The molecule has 0 aliphatic carbocycles. The van der Waals surface area contributed by atoms with Gasteiger partial charge >= 0.3 is 0 Å². The quantitative estimate of drug-likeness (QED) is 0.215. The molecule has 0 radical (unpaired) electrons. The molecule has 0 amide bonds. The van der Waals surface area contributed by atoms with E-state index in [1.165, 1.54) is 5.56 Å². The van der Waals surface area contributed by atoms with Crippen molar-refractivity contribution >= 4 is 54.4 Å². The van der Waals surface area contributed by atoms with Gasteiger partial charge in [-0.25, -0.2) is 9.97 Å². The predicted molar refractivity (Wildman–Crippen MR) is 177 cm³/mol. The molecule has 4 nitrogen and oxygen atoms in total. The first kappa shape index (κ1) is 25.2. The van der Waals surface area contributed by atoms with Crippen LogP contribution in [0.2, 0.25) is 19.6 Å². The van der Waals surface area contributed by atoms with Gasteiger partial charge in [-0.1, -0.05) is 80.3 Å². The van der Waals surface area contributed by atoms with E-state index in [-0.39, 0.29) is 0 Å². The topological polar surface area (TPSA) is 57.4 Å². The third-order valence-electron chi connectivity index (χ3n) is 7.51. The number of hydrogen-bond donors (Lipinski definition) is 2. The predicted octanol–water partition coefficient (Wildman–Crippen LogP) is 9.41. The Balaban J connectivity index is 1.63. The molecule has 0 saturated heterocycles. The Morgan fingerprint density at radius 3 is 1.41 bits per heavy atom. The summed E-state index contributed by atoms with van der Waals surface area (Å²) in [5, 5.41) is 0. The van der Waals surface area contributed by atoms with Crippen LogP contribution in [0.15, 0.2) is 91.0 Å². The number of fused-ring (bicyclic) bond motifs is 8. The summed E-state index contributed by atoms with van der Waals surface area (Å²) in [6.45, 7) is 7.23. The van der Waals surface area contributed by atoms with E-state index in [1.807, 2.05) is 0 Å². The zero-order valence-electron chi connectivity index (χ0n) is 23.6. The van der Waals surface area contributed by atoms with Crippen LogP contribution in [0.3, 0.4) is 0 Å². The van der Waals surface area contributed by atoms with Crippen LogP contribution < -0.4 is 0 Å². The molecule has 0 unspecified atom stereocenters. The fraction of sp³-hybridized carbons (Fsp3) is 0.111. The Morgan fingerprint density at radius 2 is 0.976 bits per heavy atom. The Hall–Kier alpha value is -4.74. The van der Waals surface area contributed by atoms with Crippen molar-refractivity contribution in [2.24, 2.45) is 0 Å². The van der Waals surface area contributed by atoms with E-state index in [4.69, 9.17) is 9.97 Å². The highest BCUT2D eigenvalue weighted by Crippen LogP contribution is 2.34. The molecule has 0 fully saturated rings. The van der Waals surface area contributed by atoms with Gasteiger partial charge in [0.25, 0.3) is 0 Å². The summed E-state index contributed by atoms with van der Waals surface area (Å²) in [5.74, 6) is 0. The van der Waals surface area contributed by atoms with Crippen LogP contribution in [-0.4, -0.2) is 28.0 Å². The van der Waals surface area contributed by atoms with Crippen molar-refractivity contribution in [1.82, 2.24) is 19.9 Å². The molecule has 2 aliphatic rings. The van der Waals surface area contributed by atoms with Gasteiger partial charge in [-0.3, -0.25) is 0 Å². The van der Waals surface area contributed by atoms with E-state index in [9.17, 15) is 0 Å². The Bertz CT molecular complexity index is 1850. The largest absolute Gasteiger partial charge is 0.355 e. The van der Waals surface area contributed by atoms with E-state index in [2.05, 4.69) is 145 Å². The smallest absolute Gasteiger partial charge is 0.0737 e. The van der Waals surface area contributed by atoms with Crippen LogP contribution in [0, 0.1) is 0 Å². The van der Waals surface area contributed by atoms with Gasteiger partial charge in [0.2, 0.25) is 0 Å². The Kier molecular flexibility index (Phi) is 6.17. The maximum Gasteiger partial charge on any atom is 0.0737 e. The molecule has 2 aromatic carbocycles. The molecule has 0 atom stereocenters.